The molecule has 0 aromatic heterocycles. The summed E-state index contributed by atoms with van der Waals surface area (Å²) in [6, 6.07) is 5.62. The normalized spacial score (nSPS) is 18.4. The predicted molar refractivity (Wildman–Crippen MR) is 70.4 cm³/mol. The molecule has 0 N–H and O–H groups in total. The summed E-state index contributed by atoms with van der Waals surface area (Å²) in [5.74, 6) is 1.75. The van der Waals surface area contributed by atoms with Crippen LogP contribution >= 0.6 is 0 Å². The molecule has 1 fully saturated rings. The van der Waals surface area contributed by atoms with Gasteiger partial charge in [0.1, 0.15) is 0 Å². The molecule has 2 rings (SSSR count). The zero-order valence-corrected chi connectivity index (χ0v) is 11.4. The van der Waals surface area contributed by atoms with Gasteiger partial charge in [0.2, 0.25) is 0 Å². The largest absolute Gasteiger partial charge is 0.493 e. The Morgan fingerprint density at radius 2 is 1.67 bits per heavy atom. The molecule has 5 nitrogen and oxygen atoms in total. The van der Waals surface area contributed by atoms with Gasteiger partial charge in [-0.2, -0.15) is 0 Å². The standard InChI is InChI=1S/C12H17NO4S/c1-16-11-4-3-10(9-12(11)17-2)13-5-7-18(14,15)8-6-13/h3-4,9H,5-8H2,1-2H3. The van der Waals surface area contributed by atoms with Gasteiger partial charge in [-0.15, -0.1) is 0 Å². The highest BCUT2D eigenvalue weighted by atomic mass is 32.2. The maximum Gasteiger partial charge on any atom is 0.162 e. The lowest BCUT2D eigenvalue weighted by molar-refractivity contribution is 0.355. The molecule has 0 amide bonds. The fraction of sp³-hybridized carbons (Fsp3) is 0.500. The van der Waals surface area contributed by atoms with Crippen LogP contribution in [-0.2, 0) is 9.84 Å². The Morgan fingerprint density at radius 1 is 1.06 bits per heavy atom. The van der Waals surface area contributed by atoms with Crippen molar-refractivity contribution in [1.29, 1.82) is 0 Å². The van der Waals surface area contributed by atoms with Crippen LogP contribution in [0.1, 0.15) is 0 Å². The molecule has 1 aromatic carbocycles. The number of anilines is 1. The van der Waals surface area contributed by atoms with Crippen LogP contribution in [0, 0.1) is 0 Å². The summed E-state index contributed by atoms with van der Waals surface area (Å²) >= 11 is 0. The van der Waals surface area contributed by atoms with Crippen LogP contribution in [-0.4, -0.2) is 47.2 Å². The molecule has 1 heterocycles. The van der Waals surface area contributed by atoms with Crippen LogP contribution in [0.25, 0.3) is 0 Å². The Hall–Kier alpha value is -1.43. The van der Waals surface area contributed by atoms with Crippen molar-refractivity contribution < 1.29 is 17.9 Å². The van der Waals surface area contributed by atoms with Crippen molar-refractivity contribution in [3.8, 4) is 11.5 Å². The first-order valence-corrected chi connectivity index (χ1v) is 7.55. The van der Waals surface area contributed by atoms with E-state index < -0.39 is 9.84 Å². The molecule has 1 aliphatic heterocycles. The van der Waals surface area contributed by atoms with Crippen LogP contribution in [0.15, 0.2) is 18.2 Å². The van der Waals surface area contributed by atoms with Crippen LogP contribution < -0.4 is 14.4 Å². The van der Waals surface area contributed by atoms with E-state index >= 15 is 0 Å². The van der Waals surface area contributed by atoms with Gasteiger partial charge in [0.15, 0.2) is 21.3 Å². The fourth-order valence-corrected chi connectivity index (χ4v) is 3.19. The summed E-state index contributed by atoms with van der Waals surface area (Å²) in [6.07, 6.45) is 0. The quantitative estimate of drug-likeness (QED) is 0.819. The summed E-state index contributed by atoms with van der Waals surface area (Å²) in [6.45, 7) is 1.05. The fourth-order valence-electron chi connectivity index (χ4n) is 1.99. The molecular weight excluding hydrogens is 254 g/mol. The average Bonchev–Trinajstić information content (AvgIpc) is 2.38. The summed E-state index contributed by atoms with van der Waals surface area (Å²) in [5, 5.41) is 0. The predicted octanol–water partition coefficient (Wildman–Crippen LogP) is 0.939. The van der Waals surface area contributed by atoms with Gasteiger partial charge in [0, 0.05) is 24.8 Å². The lowest BCUT2D eigenvalue weighted by Gasteiger charge is -2.29. The molecule has 0 unspecified atom stereocenters. The van der Waals surface area contributed by atoms with E-state index in [0.717, 1.165) is 5.69 Å². The van der Waals surface area contributed by atoms with Gasteiger partial charge in [-0.25, -0.2) is 8.42 Å². The summed E-state index contributed by atoms with van der Waals surface area (Å²) in [4.78, 5) is 2.04. The molecule has 1 aromatic rings. The summed E-state index contributed by atoms with van der Waals surface area (Å²) in [5.41, 5.74) is 0.961. The first-order chi connectivity index (χ1) is 8.55. The Balaban J connectivity index is 2.19. The molecule has 100 valence electrons. The van der Waals surface area contributed by atoms with E-state index in [4.69, 9.17) is 9.47 Å². The number of benzene rings is 1. The van der Waals surface area contributed by atoms with Crippen molar-refractivity contribution in [2.45, 2.75) is 0 Å². The third-order valence-electron chi connectivity index (χ3n) is 3.08. The smallest absolute Gasteiger partial charge is 0.162 e. The molecule has 0 atom stereocenters. The Labute approximate surface area is 107 Å². The Bertz CT molecular complexity index is 513. The molecule has 1 aliphatic rings. The molecular formula is C12H17NO4S. The van der Waals surface area contributed by atoms with Gasteiger partial charge in [-0.05, 0) is 12.1 Å². The van der Waals surface area contributed by atoms with Crippen LogP contribution in [0.3, 0.4) is 0 Å². The van der Waals surface area contributed by atoms with E-state index in [-0.39, 0.29) is 11.5 Å². The summed E-state index contributed by atoms with van der Waals surface area (Å²) in [7, 11) is 0.324. The lowest BCUT2D eigenvalue weighted by atomic mass is 10.2. The topological polar surface area (TPSA) is 55.8 Å². The number of rotatable bonds is 3. The van der Waals surface area contributed by atoms with E-state index in [0.29, 0.717) is 24.6 Å². The van der Waals surface area contributed by atoms with E-state index in [1.54, 1.807) is 14.2 Å². The molecule has 1 saturated heterocycles. The minimum absolute atomic E-state index is 0.210. The molecule has 0 spiro atoms. The number of nitrogens with zero attached hydrogens (tertiary/aromatic N) is 1. The van der Waals surface area contributed by atoms with Crippen molar-refractivity contribution in [1.82, 2.24) is 0 Å². The number of ether oxygens (including phenoxy) is 2. The third kappa shape index (κ3) is 2.69. The van der Waals surface area contributed by atoms with Gasteiger partial charge in [0.05, 0.1) is 25.7 Å². The van der Waals surface area contributed by atoms with E-state index in [2.05, 4.69) is 0 Å². The number of hydrogen-bond donors (Lipinski definition) is 0. The highest BCUT2D eigenvalue weighted by Gasteiger charge is 2.22. The maximum atomic E-state index is 11.4. The molecule has 0 radical (unpaired) electrons. The number of hydrogen-bond acceptors (Lipinski definition) is 5. The molecule has 6 heteroatoms. The van der Waals surface area contributed by atoms with Crippen molar-refractivity contribution >= 4 is 15.5 Å². The highest BCUT2D eigenvalue weighted by molar-refractivity contribution is 7.91. The second kappa shape index (κ2) is 5.06. The average molecular weight is 271 g/mol. The van der Waals surface area contributed by atoms with Crippen LogP contribution in [0.5, 0.6) is 11.5 Å². The first kappa shape index (κ1) is 13.0. The first-order valence-electron chi connectivity index (χ1n) is 5.73. The SMILES string of the molecule is COc1ccc(N2CCS(=O)(=O)CC2)cc1OC. The molecule has 18 heavy (non-hydrogen) atoms. The Kier molecular flexibility index (Phi) is 3.65. The van der Waals surface area contributed by atoms with Crippen molar-refractivity contribution in [2.75, 3.05) is 43.7 Å². The van der Waals surface area contributed by atoms with E-state index in [1.807, 2.05) is 23.1 Å². The molecule has 0 bridgehead atoms. The summed E-state index contributed by atoms with van der Waals surface area (Å²) < 4.78 is 33.2. The van der Waals surface area contributed by atoms with Gasteiger partial charge in [0.25, 0.3) is 0 Å². The zero-order chi connectivity index (χ0) is 13.2. The van der Waals surface area contributed by atoms with Gasteiger partial charge >= 0.3 is 0 Å². The van der Waals surface area contributed by atoms with E-state index in [9.17, 15) is 8.42 Å². The van der Waals surface area contributed by atoms with Crippen LogP contribution in [0.2, 0.25) is 0 Å². The zero-order valence-electron chi connectivity index (χ0n) is 10.5. The van der Waals surface area contributed by atoms with Crippen molar-refractivity contribution in [3.63, 3.8) is 0 Å². The van der Waals surface area contributed by atoms with Crippen molar-refractivity contribution in [3.05, 3.63) is 18.2 Å². The number of sulfone groups is 1. The van der Waals surface area contributed by atoms with Gasteiger partial charge in [-0.1, -0.05) is 0 Å². The van der Waals surface area contributed by atoms with Crippen molar-refractivity contribution in [2.24, 2.45) is 0 Å². The highest BCUT2D eigenvalue weighted by Crippen LogP contribution is 2.31. The van der Waals surface area contributed by atoms with Gasteiger partial charge in [-0.3, -0.25) is 0 Å². The third-order valence-corrected chi connectivity index (χ3v) is 4.69. The second-order valence-corrected chi connectivity index (χ2v) is 6.48. The molecule has 0 aliphatic carbocycles. The monoisotopic (exact) mass is 271 g/mol. The van der Waals surface area contributed by atoms with Gasteiger partial charge < -0.3 is 14.4 Å². The lowest BCUT2D eigenvalue weighted by Crippen LogP contribution is -2.40. The minimum Gasteiger partial charge on any atom is -0.493 e. The minimum atomic E-state index is -2.85. The van der Waals surface area contributed by atoms with Crippen LogP contribution in [0.4, 0.5) is 5.69 Å². The second-order valence-electron chi connectivity index (χ2n) is 4.18. The maximum absolute atomic E-state index is 11.4. The number of methoxy groups -OCH3 is 2. The van der Waals surface area contributed by atoms with E-state index in [1.165, 1.54) is 0 Å². The molecule has 0 saturated carbocycles. The Morgan fingerprint density at radius 3 is 2.22 bits per heavy atom.